The number of pyridine rings is 2. The van der Waals surface area contributed by atoms with Crippen molar-refractivity contribution in [3.63, 3.8) is 0 Å². The molecule has 9 nitrogen and oxygen atoms in total. The van der Waals surface area contributed by atoms with E-state index in [9.17, 15) is 9.90 Å². The van der Waals surface area contributed by atoms with Crippen LogP contribution in [0.2, 0.25) is 0 Å². The molecule has 6 N–H and O–H groups in total. The number of aromatic amines is 1. The summed E-state index contributed by atoms with van der Waals surface area (Å²) in [5.41, 5.74) is 9.46. The Labute approximate surface area is 185 Å². The van der Waals surface area contributed by atoms with E-state index in [-0.39, 0.29) is 11.8 Å². The third kappa shape index (κ3) is 4.47. The summed E-state index contributed by atoms with van der Waals surface area (Å²) in [6.45, 7) is 4.86. The molecule has 1 saturated heterocycles. The molecule has 1 fully saturated rings. The number of hydrogen-bond acceptors (Lipinski definition) is 7. The van der Waals surface area contributed by atoms with Gasteiger partial charge in [0.25, 0.3) is 5.91 Å². The predicted molar refractivity (Wildman–Crippen MR) is 126 cm³/mol. The van der Waals surface area contributed by atoms with Crippen LogP contribution in [-0.2, 0) is 4.79 Å². The van der Waals surface area contributed by atoms with Crippen LogP contribution in [0.25, 0.3) is 22.3 Å². The molecule has 9 heteroatoms. The number of H-pyrrole nitrogens is 1. The first kappa shape index (κ1) is 21.5. The first-order valence-corrected chi connectivity index (χ1v) is 10.5. The first-order chi connectivity index (χ1) is 15.3. The lowest BCUT2D eigenvalue weighted by Gasteiger charge is -2.30. The Kier molecular flexibility index (Phi) is 5.91. The summed E-state index contributed by atoms with van der Waals surface area (Å²) >= 11 is 0. The van der Waals surface area contributed by atoms with Gasteiger partial charge in [0, 0.05) is 41.6 Å². The second-order valence-electron chi connectivity index (χ2n) is 8.10. The smallest absolute Gasteiger partial charge is 0.273 e. The number of nitrogens with zero attached hydrogens (tertiary/aromatic N) is 3. The fraction of sp³-hybridized carbons (Fsp3) is 0.304. The van der Waals surface area contributed by atoms with Gasteiger partial charge >= 0.3 is 0 Å². The molecule has 0 aliphatic carbocycles. The standard InChI is InChI=1S/C23H27N7O2/c1-13(14(2)24)21(25)23(32)28-17-9-16-10-19(29-22(16)27-12-17)15-3-6-26-20(11-15)30-7-4-18(31)5-8-30/h3,6,9-12,18,25,31H,4-5,7-8,24H2,1-2H3,(H,27,29)(H,28,32)/b14-13-,25-21?. The van der Waals surface area contributed by atoms with Crippen molar-refractivity contribution < 1.29 is 9.90 Å². The van der Waals surface area contributed by atoms with E-state index in [0.717, 1.165) is 48.4 Å². The van der Waals surface area contributed by atoms with E-state index < -0.39 is 5.91 Å². The predicted octanol–water partition coefficient (Wildman–Crippen LogP) is 2.80. The van der Waals surface area contributed by atoms with Crippen LogP contribution in [0.5, 0.6) is 0 Å². The lowest BCUT2D eigenvalue weighted by atomic mass is 10.1. The number of carbonyl (C=O) groups excluding carboxylic acids is 1. The summed E-state index contributed by atoms with van der Waals surface area (Å²) in [5, 5.41) is 21.3. The highest BCUT2D eigenvalue weighted by Crippen LogP contribution is 2.28. The highest BCUT2D eigenvalue weighted by molar-refractivity contribution is 6.47. The summed E-state index contributed by atoms with van der Waals surface area (Å²) in [5.74, 6) is 0.348. The molecule has 0 aromatic carbocycles. The SMILES string of the molecule is C/C(N)=C(\C)C(=N)C(=O)Nc1cnc2[nH]c(-c3ccnc(N4CCC(O)CC4)c3)cc2c1. The third-order valence-electron chi connectivity index (χ3n) is 5.77. The van der Waals surface area contributed by atoms with Crippen LogP contribution in [0.1, 0.15) is 26.7 Å². The van der Waals surface area contributed by atoms with Gasteiger partial charge in [0.2, 0.25) is 0 Å². The number of carbonyl (C=O) groups is 1. The highest BCUT2D eigenvalue weighted by atomic mass is 16.3. The Morgan fingerprint density at radius 1 is 1.25 bits per heavy atom. The number of aliphatic hydroxyl groups is 1. The fourth-order valence-electron chi connectivity index (χ4n) is 3.65. The van der Waals surface area contributed by atoms with Gasteiger partial charge in [0.05, 0.1) is 18.0 Å². The zero-order chi connectivity index (χ0) is 22.8. The van der Waals surface area contributed by atoms with E-state index in [1.54, 1.807) is 26.2 Å². The summed E-state index contributed by atoms with van der Waals surface area (Å²) in [7, 11) is 0. The fourth-order valence-corrected chi connectivity index (χ4v) is 3.65. The number of hydrogen-bond donors (Lipinski definition) is 5. The molecule has 4 heterocycles. The molecule has 0 radical (unpaired) electrons. The quantitative estimate of drug-likeness (QED) is 0.391. The minimum absolute atomic E-state index is 0.172. The second kappa shape index (κ2) is 8.80. The summed E-state index contributed by atoms with van der Waals surface area (Å²) in [6.07, 6.45) is 4.59. The molecular weight excluding hydrogens is 406 g/mol. The normalized spacial score (nSPS) is 15.5. The number of allylic oxidation sites excluding steroid dienone is 1. The topological polar surface area (TPSA) is 144 Å². The highest BCUT2D eigenvalue weighted by Gasteiger charge is 2.19. The van der Waals surface area contributed by atoms with Gasteiger partial charge < -0.3 is 26.0 Å². The van der Waals surface area contributed by atoms with Gasteiger partial charge in [-0.15, -0.1) is 0 Å². The number of nitrogens with one attached hydrogen (secondary N) is 3. The van der Waals surface area contributed by atoms with Gasteiger partial charge in [-0.1, -0.05) is 0 Å². The zero-order valence-electron chi connectivity index (χ0n) is 18.1. The Morgan fingerprint density at radius 3 is 2.72 bits per heavy atom. The average Bonchev–Trinajstić information content (AvgIpc) is 3.22. The Balaban J connectivity index is 1.55. The number of amides is 1. The monoisotopic (exact) mass is 433 g/mol. The molecule has 0 saturated carbocycles. The van der Waals surface area contributed by atoms with Crippen LogP contribution in [0.4, 0.5) is 11.5 Å². The van der Waals surface area contributed by atoms with Crippen molar-refractivity contribution in [3.05, 3.63) is 47.9 Å². The molecular formula is C23H27N7O2. The van der Waals surface area contributed by atoms with Crippen LogP contribution >= 0.6 is 0 Å². The molecule has 32 heavy (non-hydrogen) atoms. The average molecular weight is 434 g/mol. The Bertz CT molecular complexity index is 1200. The maximum absolute atomic E-state index is 12.3. The number of fused-ring (bicyclic) bond motifs is 1. The van der Waals surface area contributed by atoms with Crippen LogP contribution in [0.3, 0.4) is 0 Å². The molecule has 3 aromatic rings. The molecule has 0 unspecified atom stereocenters. The molecule has 0 atom stereocenters. The van der Waals surface area contributed by atoms with Crippen molar-refractivity contribution in [3.8, 4) is 11.3 Å². The Morgan fingerprint density at radius 2 is 2.00 bits per heavy atom. The van der Waals surface area contributed by atoms with Gasteiger partial charge in [0.15, 0.2) is 0 Å². The van der Waals surface area contributed by atoms with Crippen LogP contribution in [-0.4, -0.2) is 50.9 Å². The molecule has 1 aliphatic rings. The number of rotatable bonds is 5. The zero-order valence-corrected chi connectivity index (χ0v) is 18.1. The van der Waals surface area contributed by atoms with Crippen molar-refractivity contribution in [2.75, 3.05) is 23.3 Å². The summed E-state index contributed by atoms with van der Waals surface area (Å²) in [6, 6.07) is 7.74. The Hall–Kier alpha value is -3.72. The minimum Gasteiger partial charge on any atom is -0.402 e. The number of piperidine rings is 1. The molecule has 3 aromatic heterocycles. The van der Waals surface area contributed by atoms with Gasteiger partial charge in [0.1, 0.15) is 17.2 Å². The van der Waals surface area contributed by atoms with Crippen LogP contribution in [0.15, 0.2) is 47.9 Å². The molecule has 166 valence electrons. The molecule has 1 aliphatic heterocycles. The summed E-state index contributed by atoms with van der Waals surface area (Å²) in [4.78, 5) is 26.7. The number of aliphatic hydroxyl groups excluding tert-OH is 1. The van der Waals surface area contributed by atoms with Crippen molar-refractivity contribution in [1.82, 2.24) is 15.0 Å². The van der Waals surface area contributed by atoms with Crippen molar-refractivity contribution >= 4 is 34.2 Å². The number of aromatic nitrogens is 3. The van der Waals surface area contributed by atoms with Gasteiger partial charge in [-0.25, -0.2) is 9.97 Å². The van der Waals surface area contributed by atoms with Crippen molar-refractivity contribution in [1.29, 1.82) is 5.41 Å². The van der Waals surface area contributed by atoms with Crippen LogP contribution in [0, 0.1) is 5.41 Å². The van der Waals surface area contributed by atoms with Crippen molar-refractivity contribution in [2.24, 2.45) is 5.73 Å². The first-order valence-electron chi connectivity index (χ1n) is 10.5. The third-order valence-corrected chi connectivity index (χ3v) is 5.77. The van der Waals surface area contributed by atoms with Crippen molar-refractivity contribution in [2.45, 2.75) is 32.8 Å². The van der Waals surface area contributed by atoms with Crippen LogP contribution < -0.4 is 16.0 Å². The maximum Gasteiger partial charge on any atom is 0.273 e. The van der Waals surface area contributed by atoms with E-state index in [2.05, 4.69) is 25.2 Å². The largest absolute Gasteiger partial charge is 0.402 e. The lowest BCUT2D eigenvalue weighted by Crippen LogP contribution is -2.36. The van der Waals surface area contributed by atoms with E-state index in [1.807, 2.05) is 24.3 Å². The molecule has 1 amide bonds. The lowest BCUT2D eigenvalue weighted by molar-refractivity contribution is -0.110. The molecule has 0 bridgehead atoms. The van der Waals surface area contributed by atoms with E-state index >= 15 is 0 Å². The van der Waals surface area contributed by atoms with Gasteiger partial charge in [-0.3, -0.25) is 10.2 Å². The molecule has 0 spiro atoms. The number of anilines is 2. The second-order valence-corrected chi connectivity index (χ2v) is 8.10. The van der Waals surface area contributed by atoms with Gasteiger partial charge in [-0.05, 0) is 56.5 Å². The van der Waals surface area contributed by atoms with E-state index in [4.69, 9.17) is 11.1 Å². The van der Waals surface area contributed by atoms with E-state index in [0.29, 0.717) is 22.6 Å². The number of nitrogens with two attached hydrogens (primary N) is 1. The maximum atomic E-state index is 12.3. The van der Waals surface area contributed by atoms with Gasteiger partial charge in [-0.2, -0.15) is 0 Å². The molecule has 4 rings (SSSR count). The summed E-state index contributed by atoms with van der Waals surface area (Å²) < 4.78 is 0. The van der Waals surface area contributed by atoms with E-state index in [1.165, 1.54) is 0 Å². The minimum atomic E-state index is -0.533.